The molecule has 1 amide bonds. The van der Waals surface area contributed by atoms with Crippen LogP contribution in [0.25, 0.3) is 0 Å². The number of nitrogens with zero attached hydrogens (tertiary/aromatic N) is 3. The Hall–Kier alpha value is -2.28. The van der Waals surface area contributed by atoms with Crippen molar-refractivity contribution in [2.75, 3.05) is 13.2 Å². The van der Waals surface area contributed by atoms with Gasteiger partial charge in [0.15, 0.2) is 0 Å². The molecule has 1 aromatic heterocycles. The normalized spacial score (nSPS) is 22.0. The summed E-state index contributed by atoms with van der Waals surface area (Å²) in [6.45, 7) is 2.92. The molecule has 1 saturated heterocycles. The zero-order chi connectivity index (χ0) is 16.2. The van der Waals surface area contributed by atoms with Crippen LogP contribution in [0.5, 0.6) is 0 Å². The van der Waals surface area contributed by atoms with Crippen LogP contribution in [0.1, 0.15) is 31.1 Å². The Morgan fingerprint density at radius 1 is 1.48 bits per heavy atom. The topological polar surface area (TPSA) is 69.0 Å². The van der Waals surface area contributed by atoms with E-state index in [2.05, 4.69) is 15.4 Å². The van der Waals surface area contributed by atoms with E-state index >= 15 is 0 Å². The maximum atomic E-state index is 13.0. The molecule has 0 radical (unpaired) electrons. The van der Waals surface area contributed by atoms with Crippen LogP contribution in [0.4, 0.5) is 4.39 Å². The highest BCUT2D eigenvalue weighted by Gasteiger charge is 2.30. The van der Waals surface area contributed by atoms with Gasteiger partial charge >= 0.3 is 0 Å². The van der Waals surface area contributed by atoms with Gasteiger partial charge in [-0.3, -0.25) is 4.79 Å². The van der Waals surface area contributed by atoms with Crippen LogP contribution in [0, 0.1) is 11.7 Å². The highest BCUT2D eigenvalue weighted by atomic mass is 19.1. The van der Waals surface area contributed by atoms with Crippen LogP contribution >= 0.6 is 0 Å². The van der Waals surface area contributed by atoms with Crippen molar-refractivity contribution in [3.05, 3.63) is 48.3 Å². The number of benzene rings is 1. The fourth-order valence-electron chi connectivity index (χ4n) is 2.78. The number of ether oxygens (including phenoxy) is 1. The molecule has 2 heterocycles. The number of nitrogens with one attached hydrogen (secondary N) is 1. The quantitative estimate of drug-likeness (QED) is 0.914. The van der Waals surface area contributed by atoms with Crippen molar-refractivity contribution in [3.8, 4) is 0 Å². The zero-order valence-corrected chi connectivity index (χ0v) is 12.9. The Kier molecular flexibility index (Phi) is 4.66. The summed E-state index contributed by atoms with van der Waals surface area (Å²) in [6, 6.07) is 5.92. The van der Waals surface area contributed by atoms with E-state index in [0.717, 1.165) is 12.0 Å². The van der Waals surface area contributed by atoms with Gasteiger partial charge in [-0.1, -0.05) is 12.1 Å². The van der Waals surface area contributed by atoms with E-state index in [0.29, 0.717) is 13.2 Å². The van der Waals surface area contributed by atoms with Crippen molar-refractivity contribution in [1.82, 2.24) is 20.1 Å². The van der Waals surface area contributed by atoms with Gasteiger partial charge in [-0.2, -0.15) is 5.10 Å². The summed E-state index contributed by atoms with van der Waals surface area (Å²) in [5.41, 5.74) is 0.937. The molecule has 122 valence electrons. The lowest BCUT2D eigenvalue weighted by molar-refractivity contribution is -0.124. The van der Waals surface area contributed by atoms with Gasteiger partial charge in [0, 0.05) is 19.1 Å². The first kappa shape index (κ1) is 15.6. The van der Waals surface area contributed by atoms with Crippen LogP contribution in [-0.4, -0.2) is 33.8 Å². The molecule has 0 unspecified atom stereocenters. The van der Waals surface area contributed by atoms with E-state index in [-0.39, 0.29) is 23.7 Å². The lowest BCUT2D eigenvalue weighted by Crippen LogP contribution is -2.35. The van der Waals surface area contributed by atoms with Gasteiger partial charge in [-0.25, -0.2) is 14.1 Å². The molecule has 1 fully saturated rings. The molecule has 1 aliphatic rings. The molecule has 1 N–H and O–H groups in total. The van der Waals surface area contributed by atoms with Crippen molar-refractivity contribution >= 4 is 5.91 Å². The summed E-state index contributed by atoms with van der Waals surface area (Å²) >= 11 is 0. The molecule has 0 spiro atoms. The van der Waals surface area contributed by atoms with Gasteiger partial charge < -0.3 is 10.1 Å². The van der Waals surface area contributed by atoms with Gasteiger partial charge in [0.25, 0.3) is 0 Å². The Morgan fingerprint density at radius 3 is 2.96 bits per heavy atom. The smallest absolute Gasteiger partial charge is 0.244 e. The molecular formula is C16H19FN4O2. The third-order valence-electron chi connectivity index (χ3n) is 4.16. The molecule has 0 saturated carbocycles. The Bertz CT molecular complexity index is 645. The predicted molar refractivity (Wildman–Crippen MR) is 80.9 cm³/mol. The third-order valence-corrected chi connectivity index (χ3v) is 4.16. The van der Waals surface area contributed by atoms with Crippen LogP contribution < -0.4 is 5.32 Å². The number of halogens is 1. The SMILES string of the molecule is C[C@H](C(=O)NC[C@@H]1CCO[C@H]1c1ccc(F)cc1)n1cncn1. The zero-order valence-electron chi connectivity index (χ0n) is 12.9. The Labute approximate surface area is 133 Å². The van der Waals surface area contributed by atoms with E-state index in [1.165, 1.54) is 29.5 Å². The third kappa shape index (κ3) is 3.56. The van der Waals surface area contributed by atoms with Gasteiger partial charge in [0.05, 0.1) is 6.10 Å². The first-order chi connectivity index (χ1) is 11.1. The van der Waals surface area contributed by atoms with Crippen molar-refractivity contribution in [1.29, 1.82) is 0 Å². The van der Waals surface area contributed by atoms with Crippen molar-refractivity contribution < 1.29 is 13.9 Å². The Morgan fingerprint density at radius 2 is 2.26 bits per heavy atom. The van der Waals surface area contributed by atoms with Gasteiger partial charge in [-0.15, -0.1) is 0 Å². The highest BCUT2D eigenvalue weighted by Crippen LogP contribution is 2.34. The highest BCUT2D eigenvalue weighted by molar-refractivity contribution is 5.79. The summed E-state index contributed by atoms with van der Waals surface area (Å²) in [7, 11) is 0. The number of carbonyl (C=O) groups is 1. The molecule has 1 aliphatic heterocycles. The van der Waals surface area contributed by atoms with E-state index < -0.39 is 6.04 Å². The summed E-state index contributed by atoms with van der Waals surface area (Å²) in [5.74, 6) is -0.203. The van der Waals surface area contributed by atoms with Gasteiger partial charge in [0.1, 0.15) is 24.5 Å². The van der Waals surface area contributed by atoms with E-state index in [9.17, 15) is 9.18 Å². The van der Waals surface area contributed by atoms with Crippen LogP contribution in [0.3, 0.4) is 0 Å². The minimum absolute atomic E-state index is 0.111. The van der Waals surface area contributed by atoms with E-state index in [1.807, 2.05) is 0 Å². The number of aromatic nitrogens is 3. The number of amides is 1. The largest absolute Gasteiger partial charge is 0.373 e. The molecule has 23 heavy (non-hydrogen) atoms. The number of rotatable bonds is 5. The molecule has 2 aromatic rings. The van der Waals surface area contributed by atoms with Gasteiger partial charge in [-0.05, 0) is 31.0 Å². The minimum atomic E-state index is -0.413. The van der Waals surface area contributed by atoms with Crippen LogP contribution in [0.2, 0.25) is 0 Å². The average molecular weight is 318 g/mol. The second-order valence-electron chi connectivity index (χ2n) is 5.69. The molecule has 3 rings (SSSR count). The van der Waals surface area contributed by atoms with Crippen molar-refractivity contribution in [3.63, 3.8) is 0 Å². The second kappa shape index (κ2) is 6.87. The molecule has 6 nitrogen and oxygen atoms in total. The molecule has 0 bridgehead atoms. The number of carbonyl (C=O) groups excluding carboxylic acids is 1. The number of hydrogen-bond acceptors (Lipinski definition) is 4. The van der Waals surface area contributed by atoms with Crippen molar-refractivity contribution in [2.45, 2.75) is 25.5 Å². The first-order valence-corrected chi connectivity index (χ1v) is 7.64. The molecule has 1 aromatic carbocycles. The summed E-state index contributed by atoms with van der Waals surface area (Å²) < 4.78 is 20.3. The fourth-order valence-corrected chi connectivity index (χ4v) is 2.78. The van der Waals surface area contributed by atoms with Gasteiger partial charge in [0.2, 0.25) is 5.91 Å². The lowest BCUT2D eigenvalue weighted by Gasteiger charge is -2.20. The Balaban J connectivity index is 1.58. The monoisotopic (exact) mass is 318 g/mol. The second-order valence-corrected chi connectivity index (χ2v) is 5.69. The lowest BCUT2D eigenvalue weighted by atomic mass is 9.95. The fraction of sp³-hybridized carbons (Fsp3) is 0.438. The number of hydrogen-bond donors (Lipinski definition) is 1. The van der Waals surface area contributed by atoms with Crippen molar-refractivity contribution in [2.24, 2.45) is 5.92 Å². The summed E-state index contributed by atoms with van der Waals surface area (Å²) in [6.07, 6.45) is 3.67. The molecule has 0 aliphatic carbocycles. The van der Waals surface area contributed by atoms with E-state index in [4.69, 9.17) is 4.74 Å². The standard InChI is InChI=1S/C16H19FN4O2/c1-11(21-10-18-9-20-21)16(22)19-8-13-6-7-23-15(13)12-2-4-14(17)5-3-12/h2-5,9-11,13,15H,6-8H2,1H3,(H,19,22)/t11-,13+,15+/m1/s1. The summed E-state index contributed by atoms with van der Waals surface area (Å²) in [4.78, 5) is 16.0. The molecule has 3 atom stereocenters. The van der Waals surface area contributed by atoms with E-state index in [1.54, 1.807) is 19.1 Å². The van der Waals surface area contributed by atoms with Crippen LogP contribution in [0.15, 0.2) is 36.9 Å². The molecular weight excluding hydrogens is 299 g/mol. The minimum Gasteiger partial charge on any atom is -0.373 e. The summed E-state index contributed by atoms with van der Waals surface area (Å²) in [5, 5.41) is 6.91. The maximum absolute atomic E-state index is 13.0. The maximum Gasteiger partial charge on any atom is 0.244 e. The van der Waals surface area contributed by atoms with Crippen LogP contribution in [-0.2, 0) is 9.53 Å². The molecule has 7 heteroatoms. The average Bonchev–Trinajstić information content (AvgIpc) is 3.24. The first-order valence-electron chi connectivity index (χ1n) is 7.64. The predicted octanol–water partition coefficient (Wildman–Crippen LogP) is 1.87.